The molecule has 6 heteroatoms. The highest BCUT2D eigenvalue weighted by molar-refractivity contribution is 6.36. The highest BCUT2D eigenvalue weighted by Crippen LogP contribution is 2.19. The summed E-state index contributed by atoms with van der Waals surface area (Å²) in [5.41, 5.74) is 0.775. The van der Waals surface area contributed by atoms with Gasteiger partial charge in [-0.25, -0.2) is 4.98 Å². The molecule has 2 aromatic rings. The van der Waals surface area contributed by atoms with Gasteiger partial charge >= 0.3 is 0 Å². The molecule has 0 saturated carbocycles. The van der Waals surface area contributed by atoms with Crippen LogP contribution >= 0.6 is 23.2 Å². The molecule has 1 aromatic heterocycles. The number of hydrogen-bond acceptors (Lipinski definition) is 3. The van der Waals surface area contributed by atoms with Crippen molar-refractivity contribution in [1.82, 2.24) is 14.9 Å². The maximum Gasteiger partial charge on any atom is 0.139 e. The molecule has 0 N–H and O–H groups in total. The van der Waals surface area contributed by atoms with Crippen LogP contribution in [0.1, 0.15) is 5.56 Å². The summed E-state index contributed by atoms with van der Waals surface area (Å²) in [7, 11) is 0. The zero-order valence-electron chi connectivity index (χ0n) is 7.51. The van der Waals surface area contributed by atoms with E-state index in [2.05, 4.69) is 15.2 Å². The molecular weight excluding hydrogens is 235 g/mol. The Morgan fingerprint density at radius 1 is 1.33 bits per heavy atom. The first-order chi connectivity index (χ1) is 7.25. The Bertz CT molecular complexity index is 479. The zero-order chi connectivity index (χ0) is 10.7. The Kier molecular flexibility index (Phi) is 2.99. The molecule has 0 amide bonds. The number of nitrogens with zero attached hydrogens (tertiary/aromatic N) is 4. The zero-order valence-corrected chi connectivity index (χ0v) is 9.02. The summed E-state index contributed by atoms with van der Waals surface area (Å²) in [6, 6.07) is 5.19. The second-order valence-electron chi connectivity index (χ2n) is 2.73. The summed E-state index contributed by atoms with van der Waals surface area (Å²) in [6.45, 7) is 0. The smallest absolute Gasteiger partial charge is 0.139 e. The van der Waals surface area contributed by atoms with Crippen LogP contribution in [0.2, 0.25) is 10.0 Å². The Morgan fingerprint density at radius 2 is 2.20 bits per heavy atom. The summed E-state index contributed by atoms with van der Waals surface area (Å²) in [5.74, 6) is 0. The van der Waals surface area contributed by atoms with Crippen LogP contribution in [0.4, 0.5) is 0 Å². The van der Waals surface area contributed by atoms with Crippen molar-refractivity contribution in [3.63, 3.8) is 0 Å². The molecular formula is C9H6Cl2N4. The molecule has 0 fully saturated rings. The predicted octanol–water partition coefficient (Wildman–Crippen LogP) is 2.47. The van der Waals surface area contributed by atoms with E-state index in [1.54, 1.807) is 24.4 Å². The lowest BCUT2D eigenvalue weighted by Crippen LogP contribution is -1.91. The molecule has 1 heterocycles. The van der Waals surface area contributed by atoms with Gasteiger partial charge in [-0.1, -0.05) is 29.3 Å². The average molecular weight is 241 g/mol. The van der Waals surface area contributed by atoms with Gasteiger partial charge in [-0.3, -0.25) is 0 Å². The van der Waals surface area contributed by atoms with E-state index in [1.165, 1.54) is 17.4 Å². The molecule has 1 aromatic carbocycles. The topological polar surface area (TPSA) is 43.1 Å². The van der Waals surface area contributed by atoms with Crippen molar-refractivity contribution in [3.8, 4) is 0 Å². The van der Waals surface area contributed by atoms with Crippen molar-refractivity contribution >= 4 is 29.4 Å². The van der Waals surface area contributed by atoms with Crippen LogP contribution < -0.4 is 0 Å². The van der Waals surface area contributed by atoms with Gasteiger partial charge < -0.3 is 0 Å². The largest absolute Gasteiger partial charge is 0.221 e. The van der Waals surface area contributed by atoms with Gasteiger partial charge in [-0.05, 0) is 12.1 Å². The first-order valence-corrected chi connectivity index (χ1v) is 4.85. The molecule has 0 aliphatic heterocycles. The Hall–Kier alpha value is -1.39. The van der Waals surface area contributed by atoms with E-state index in [4.69, 9.17) is 23.2 Å². The van der Waals surface area contributed by atoms with E-state index in [0.29, 0.717) is 10.0 Å². The molecule has 76 valence electrons. The van der Waals surface area contributed by atoms with Crippen LogP contribution in [0.3, 0.4) is 0 Å². The minimum Gasteiger partial charge on any atom is -0.221 e. The molecule has 0 aliphatic carbocycles. The second kappa shape index (κ2) is 4.42. The van der Waals surface area contributed by atoms with Gasteiger partial charge in [-0.2, -0.15) is 5.10 Å². The summed E-state index contributed by atoms with van der Waals surface area (Å²) >= 11 is 11.7. The third-order valence-corrected chi connectivity index (χ3v) is 2.25. The van der Waals surface area contributed by atoms with Crippen molar-refractivity contribution in [2.45, 2.75) is 0 Å². The minimum atomic E-state index is 0.548. The van der Waals surface area contributed by atoms with Crippen molar-refractivity contribution < 1.29 is 0 Å². The van der Waals surface area contributed by atoms with E-state index in [-0.39, 0.29) is 0 Å². The quantitative estimate of drug-likeness (QED) is 0.758. The SMILES string of the molecule is Clc1ccc(C=Nn2cncn2)c(Cl)c1. The van der Waals surface area contributed by atoms with Crippen LogP contribution in [0.25, 0.3) is 0 Å². The van der Waals surface area contributed by atoms with E-state index in [0.717, 1.165) is 5.56 Å². The third-order valence-electron chi connectivity index (χ3n) is 1.68. The molecule has 2 rings (SSSR count). The third kappa shape index (κ3) is 2.55. The number of benzene rings is 1. The summed E-state index contributed by atoms with van der Waals surface area (Å²) in [6.07, 6.45) is 4.48. The first-order valence-electron chi connectivity index (χ1n) is 4.10. The minimum absolute atomic E-state index is 0.548. The number of rotatable bonds is 2. The Morgan fingerprint density at radius 3 is 2.87 bits per heavy atom. The van der Waals surface area contributed by atoms with E-state index in [9.17, 15) is 0 Å². The first kappa shape index (κ1) is 10.1. The van der Waals surface area contributed by atoms with Crippen LogP contribution in [-0.2, 0) is 0 Å². The van der Waals surface area contributed by atoms with E-state index in [1.807, 2.05) is 0 Å². The molecule has 0 aliphatic rings. The number of halogens is 2. The van der Waals surface area contributed by atoms with Crippen molar-refractivity contribution in [2.75, 3.05) is 0 Å². The molecule has 0 bridgehead atoms. The van der Waals surface area contributed by atoms with Crippen LogP contribution in [0.15, 0.2) is 36.0 Å². The lowest BCUT2D eigenvalue weighted by Gasteiger charge is -1.97. The Labute approximate surface area is 96.2 Å². The van der Waals surface area contributed by atoms with Crippen LogP contribution in [-0.4, -0.2) is 21.1 Å². The van der Waals surface area contributed by atoms with Gasteiger partial charge in [0.1, 0.15) is 12.7 Å². The van der Waals surface area contributed by atoms with Gasteiger partial charge in [0, 0.05) is 10.6 Å². The van der Waals surface area contributed by atoms with E-state index < -0.39 is 0 Å². The molecule has 0 radical (unpaired) electrons. The fraction of sp³-hybridized carbons (Fsp3) is 0. The second-order valence-corrected chi connectivity index (χ2v) is 3.57. The molecule has 0 atom stereocenters. The summed E-state index contributed by atoms with van der Waals surface area (Å²) in [4.78, 5) is 5.09. The normalized spacial score (nSPS) is 11.1. The van der Waals surface area contributed by atoms with Gasteiger partial charge in [-0.15, -0.1) is 9.89 Å². The molecule has 0 saturated heterocycles. The standard InChI is InChI=1S/C9H6Cl2N4/c10-8-2-1-7(9(11)3-8)4-13-15-6-12-5-14-15/h1-6H. The number of aromatic nitrogens is 3. The van der Waals surface area contributed by atoms with E-state index >= 15 is 0 Å². The van der Waals surface area contributed by atoms with Crippen LogP contribution in [0.5, 0.6) is 0 Å². The Balaban J connectivity index is 2.24. The highest BCUT2D eigenvalue weighted by Gasteiger charge is 1.97. The lowest BCUT2D eigenvalue weighted by molar-refractivity contribution is 0.743. The van der Waals surface area contributed by atoms with Crippen molar-refractivity contribution in [1.29, 1.82) is 0 Å². The van der Waals surface area contributed by atoms with Gasteiger partial charge in [0.15, 0.2) is 0 Å². The summed E-state index contributed by atoms with van der Waals surface area (Å²) < 4.78 is 0. The van der Waals surface area contributed by atoms with Crippen molar-refractivity contribution in [2.24, 2.45) is 5.10 Å². The average Bonchev–Trinajstić information content (AvgIpc) is 2.69. The molecule has 15 heavy (non-hydrogen) atoms. The van der Waals surface area contributed by atoms with Crippen LogP contribution in [0, 0.1) is 0 Å². The number of hydrogen-bond donors (Lipinski definition) is 0. The lowest BCUT2D eigenvalue weighted by atomic mass is 10.2. The highest BCUT2D eigenvalue weighted by atomic mass is 35.5. The fourth-order valence-electron chi connectivity index (χ4n) is 0.989. The molecule has 0 unspecified atom stereocenters. The fourth-order valence-corrected chi connectivity index (χ4v) is 1.45. The van der Waals surface area contributed by atoms with Gasteiger partial charge in [0.25, 0.3) is 0 Å². The van der Waals surface area contributed by atoms with Gasteiger partial charge in [0.05, 0.1) is 11.2 Å². The predicted molar refractivity (Wildman–Crippen MR) is 59.5 cm³/mol. The van der Waals surface area contributed by atoms with Crippen molar-refractivity contribution in [3.05, 3.63) is 46.5 Å². The monoisotopic (exact) mass is 240 g/mol. The molecule has 0 spiro atoms. The van der Waals surface area contributed by atoms with Gasteiger partial charge in [0.2, 0.25) is 0 Å². The maximum atomic E-state index is 5.95. The maximum absolute atomic E-state index is 5.95. The summed E-state index contributed by atoms with van der Waals surface area (Å²) in [5, 5.41) is 8.98. The molecule has 4 nitrogen and oxygen atoms in total.